The number of nitrogens with one attached hydrogen (secondary N) is 2. The number of anilines is 3. The van der Waals surface area contributed by atoms with Crippen LogP contribution in [-0.2, 0) is 10.0 Å². The van der Waals surface area contributed by atoms with E-state index in [4.69, 9.17) is 5.10 Å². The fraction of sp³-hybridized carbons (Fsp3) is 0.417. The molecule has 5 heterocycles. The molecule has 3 N–H and O–H groups in total. The van der Waals surface area contributed by atoms with E-state index in [1.165, 1.54) is 17.3 Å². The van der Waals surface area contributed by atoms with Crippen LogP contribution < -0.4 is 15.5 Å². The Morgan fingerprint density at radius 2 is 2.05 bits per heavy atom. The second kappa shape index (κ2) is 9.57. The normalized spacial score (nSPS) is 18.5. The Labute approximate surface area is 224 Å². The van der Waals surface area contributed by atoms with Crippen LogP contribution in [0.5, 0.6) is 0 Å². The molecular formula is C24H28N10O4S. The predicted molar refractivity (Wildman–Crippen MR) is 143 cm³/mol. The molecule has 2 fully saturated rings. The number of rotatable bonds is 9. The number of aliphatic hydroxyl groups is 1. The Balaban J connectivity index is 1.30. The van der Waals surface area contributed by atoms with Crippen molar-refractivity contribution in [2.75, 3.05) is 23.4 Å². The van der Waals surface area contributed by atoms with Gasteiger partial charge in [-0.1, -0.05) is 6.92 Å². The molecule has 0 radical (unpaired) electrons. The van der Waals surface area contributed by atoms with E-state index >= 15 is 0 Å². The number of carbonyl (C=O) groups excluding carboxylic acids is 1. The highest BCUT2D eigenvalue weighted by atomic mass is 32.2. The highest BCUT2D eigenvalue weighted by Gasteiger charge is 2.38. The average molecular weight is 553 g/mol. The van der Waals surface area contributed by atoms with Gasteiger partial charge in [0, 0.05) is 24.5 Å². The van der Waals surface area contributed by atoms with Gasteiger partial charge in [0.2, 0.25) is 0 Å². The van der Waals surface area contributed by atoms with Gasteiger partial charge in [-0.15, -0.1) is 0 Å². The van der Waals surface area contributed by atoms with Gasteiger partial charge in [0.25, 0.3) is 10.0 Å². The number of amides is 2. The molecule has 0 aromatic carbocycles. The molecule has 1 unspecified atom stereocenters. The maximum atomic E-state index is 12.6. The molecule has 1 aliphatic heterocycles. The zero-order chi connectivity index (χ0) is 27.3. The number of nitrogens with zero attached hydrogens (tertiary/aromatic N) is 8. The third kappa shape index (κ3) is 4.57. The summed E-state index contributed by atoms with van der Waals surface area (Å²) in [6, 6.07) is 2.92. The molecule has 2 aliphatic rings. The van der Waals surface area contributed by atoms with Crippen molar-refractivity contribution >= 4 is 44.4 Å². The van der Waals surface area contributed by atoms with Gasteiger partial charge < -0.3 is 15.7 Å². The van der Waals surface area contributed by atoms with Gasteiger partial charge in [0.15, 0.2) is 11.6 Å². The minimum absolute atomic E-state index is 0.0601. The summed E-state index contributed by atoms with van der Waals surface area (Å²) in [6.45, 7) is 4.26. The number of hydrogen-bond donors (Lipinski definition) is 3. The van der Waals surface area contributed by atoms with Crippen molar-refractivity contribution in [1.29, 1.82) is 0 Å². The van der Waals surface area contributed by atoms with Gasteiger partial charge in [-0.05, 0) is 32.3 Å². The van der Waals surface area contributed by atoms with E-state index in [0.29, 0.717) is 53.6 Å². The zero-order valence-electron chi connectivity index (χ0n) is 21.4. The van der Waals surface area contributed by atoms with Gasteiger partial charge in [-0.2, -0.15) is 14.3 Å². The fourth-order valence-electron chi connectivity index (χ4n) is 4.46. The maximum Gasteiger partial charge on any atom is 0.323 e. The summed E-state index contributed by atoms with van der Waals surface area (Å²) >= 11 is 0. The molecule has 4 aromatic rings. The van der Waals surface area contributed by atoms with E-state index in [1.54, 1.807) is 18.5 Å². The molecule has 1 aliphatic carbocycles. The van der Waals surface area contributed by atoms with E-state index in [-0.39, 0.29) is 30.0 Å². The fourth-order valence-corrected chi connectivity index (χ4v) is 5.93. The third-order valence-corrected chi connectivity index (χ3v) is 9.00. The minimum atomic E-state index is -3.48. The third-order valence-electron chi connectivity index (χ3n) is 6.97. The number of hydrogen-bond acceptors (Lipinski definition) is 10. The molecule has 2 atom stereocenters. The first kappa shape index (κ1) is 25.2. The lowest BCUT2D eigenvalue weighted by Crippen LogP contribution is -2.30. The van der Waals surface area contributed by atoms with Crippen molar-refractivity contribution in [1.82, 2.24) is 39.2 Å². The first-order valence-electron chi connectivity index (χ1n) is 12.7. The lowest BCUT2D eigenvalue weighted by molar-refractivity contribution is 0.239. The van der Waals surface area contributed by atoms with Crippen molar-refractivity contribution in [3.05, 3.63) is 36.9 Å². The highest BCUT2D eigenvalue weighted by molar-refractivity contribution is 7.90. The number of aromatic nitrogens is 7. The molecule has 39 heavy (non-hydrogen) atoms. The van der Waals surface area contributed by atoms with Crippen LogP contribution in [0.25, 0.3) is 22.3 Å². The smallest absolute Gasteiger partial charge is 0.323 e. The summed E-state index contributed by atoms with van der Waals surface area (Å²) < 4.78 is 27.8. The summed E-state index contributed by atoms with van der Waals surface area (Å²) in [5.41, 5.74) is 1.27. The molecule has 0 bridgehead atoms. The lowest BCUT2D eigenvalue weighted by atomic mass is 10.2. The summed E-state index contributed by atoms with van der Waals surface area (Å²) in [4.78, 5) is 27.4. The van der Waals surface area contributed by atoms with Crippen molar-refractivity contribution in [3.63, 3.8) is 0 Å². The molecule has 15 heteroatoms. The Kier molecular flexibility index (Phi) is 6.18. The van der Waals surface area contributed by atoms with Crippen LogP contribution in [-0.4, -0.2) is 77.9 Å². The lowest BCUT2D eigenvalue weighted by Gasteiger charge is -2.12. The maximum absolute atomic E-state index is 12.6. The van der Waals surface area contributed by atoms with Crippen molar-refractivity contribution in [3.8, 4) is 11.4 Å². The molecule has 204 valence electrons. The molecule has 2 amide bonds. The van der Waals surface area contributed by atoms with E-state index in [9.17, 15) is 18.3 Å². The Hall–Kier alpha value is -4.11. The minimum Gasteiger partial charge on any atom is -0.394 e. The zero-order valence-corrected chi connectivity index (χ0v) is 22.2. The predicted octanol–water partition coefficient (Wildman–Crippen LogP) is 2.03. The average Bonchev–Trinajstić information content (AvgIpc) is 3.40. The topological polar surface area (TPSA) is 173 Å². The Morgan fingerprint density at radius 3 is 2.77 bits per heavy atom. The van der Waals surface area contributed by atoms with Crippen LogP contribution in [0.1, 0.15) is 39.2 Å². The monoisotopic (exact) mass is 552 g/mol. The molecule has 1 saturated carbocycles. The van der Waals surface area contributed by atoms with Crippen molar-refractivity contribution in [2.24, 2.45) is 0 Å². The quantitative estimate of drug-likeness (QED) is 0.279. The number of carbonyl (C=O) groups is 1. The Morgan fingerprint density at radius 1 is 1.23 bits per heavy atom. The first-order chi connectivity index (χ1) is 18.8. The number of aliphatic hydroxyl groups excluding tert-OH is 1. The molecule has 6 rings (SSSR count). The van der Waals surface area contributed by atoms with Gasteiger partial charge >= 0.3 is 6.03 Å². The van der Waals surface area contributed by atoms with Crippen LogP contribution in [0.3, 0.4) is 0 Å². The molecule has 14 nitrogen and oxygen atoms in total. The largest absolute Gasteiger partial charge is 0.394 e. The second-order valence-corrected chi connectivity index (χ2v) is 11.9. The SMILES string of the molecule is CCC(C)n1nc(N2C[C@@H](CO)NC2=O)c2cnc(Nc3ccnc(-c4cnn(S(=O)(=O)C5CC5)c4)n3)cc21. The molecule has 4 aromatic heterocycles. The molecular weight excluding hydrogens is 524 g/mol. The first-order valence-corrected chi connectivity index (χ1v) is 14.3. The molecule has 1 saturated heterocycles. The molecule has 0 spiro atoms. The van der Waals surface area contributed by atoms with Crippen molar-refractivity contribution < 1.29 is 18.3 Å². The van der Waals surface area contributed by atoms with E-state index in [0.717, 1.165) is 16.0 Å². The summed E-state index contributed by atoms with van der Waals surface area (Å²) in [5.74, 6) is 1.78. The van der Waals surface area contributed by atoms with Crippen LogP contribution in [0.2, 0.25) is 0 Å². The number of pyridine rings is 1. The van der Waals surface area contributed by atoms with E-state index in [1.807, 2.05) is 17.7 Å². The summed E-state index contributed by atoms with van der Waals surface area (Å²) in [6.07, 6.45) is 8.22. The van der Waals surface area contributed by atoms with E-state index in [2.05, 4.69) is 37.6 Å². The van der Waals surface area contributed by atoms with Crippen LogP contribution in [0, 0.1) is 0 Å². The van der Waals surface area contributed by atoms with Gasteiger partial charge in [0.05, 0.1) is 53.3 Å². The standard InChI is InChI=1S/C24H28N10O4S/c1-3-14(2)34-19-8-21(26-10-18(19)23(31-34)32-12-16(13-35)28-24(32)36)29-20-6-7-25-22(30-20)15-9-27-33(11-15)39(37,38)17-4-5-17/h6-11,14,16-17,35H,3-5,12-13H2,1-2H3,(H,28,36)(H,25,26,29,30)/t14?,16-/m0/s1. The van der Waals surface area contributed by atoms with Gasteiger partial charge in [0.1, 0.15) is 11.6 Å². The summed E-state index contributed by atoms with van der Waals surface area (Å²) in [7, 11) is -3.48. The Bertz CT molecular complexity index is 1660. The second-order valence-electron chi connectivity index (χ2n) is 9.79. The van der Waals surface area contributed by atoms with Crippen LogP contribution in [0.4, 0.5) is 22.2 Å². The number of urea groups is 1. The van der Waals surface area contributed by atoms with Crippen LogP contribution >= 0.6 is 0 Å². The van der Waals surface area contributed by atoms with Gasteiger partial charge in [-0.25, -0.2) is 28.2 Å². The van der Waals surface area contributed by atoms with Crippen molar-refractivity contribution in [2.45, 2.75) is 50.4 Å². The van der Waals surface area contributed by atoms with E-state index < -0.39 is 10.0 Å². The van der Waals surface area contributed by atoms with Crippen LogP contribution in [0.15, 0.2) is 36.9 Å². The highest BCUT2D eigenvalue weighted by Crippen LogP contribution is 2.33. The summed E-state index contributed by atoms with van der Waals surface area (Å²) in [5, 5.41) is 24.5. The van der Waals surface area contributed by atoms with Gasteiger partial charge in [-0.3, -0.25) is 9.58 Å². The number of fused-ring (bicyclic) bond motifs is 1.